The van der Waals surface area contributed by atoms with Crippen LogP contribution in [-0.4, -0.2) is 5.91 Å². The molecule has 3 rings (SSSR count). The zero-order valence-electron chi connectivity index (χ0n) is 11.3. The predicted octanol–water partition coefficient (Wildman–Crippen LogP) is 4.52. The number of halogens is 1. The molecular formula is C17H14BrNOS. The first-order chi connectivity index (χ1) is 10.2. The molecule has 1 amide bonds. The summed E-state index contributed by atoms with van der Waals surface area (Å²) in [5.74, 6) is 0.0542. The SMILES string of the molecule is O=C(Cc1csc2ccccc12)NCc1cccc(Br)c1. The molecule has 2 aromatic carbocycles. The van der Waals surface area contributed by atoms with Crippen molar-refractivity contribution in [3.05, 3.63) is 69.5 Å². The number of amides is 1. The molecule has 0 spiro atoms. The smallest absolute Gasteiger partial charge is 0.224 e. The average Bonchev–Trinajstić information content (AvgIpc) is 2.89. The third kappa shape index (κ3) is 3.52. The zero-order chi connectivity index (χ0) is 14.7. The number of fused-ring (bicyclic) bond motifs is 1. The Morgan fingerprint density at radius 3 is 2.86 bits per heavy atom. The summed E-state index contributed by atoms with van der Waals surface area (Å²) in [6.07, 6.45) is 0.429. The Balaban J connectivity index is 1.64. The zero-order valence-corrected chi connectivity index (χ0v) is 13.7. The standard InChI is InChI=1S/C17H14BrNOS/c18-14-5-3-4-12(8-14)10-19-17(20)9-13-11-21-16-7-2-1-6-15(13)16/h1-8,11H,9-10H2,(H,19,20). The quantitative estimate of drug-likeness (QED) is 0.728. The van der Waals surface area contributed by atoms with Gasteiger partial charge in [0.2, 0.25) is 5.91 Å². The topological polar surface area (TPSA) is 29.1 Å². The van der Waals surface area contributed by atoms with E-state index in [2.05, 4.69) is 38.8 Å². The van der Waals surface area contributed by atoms with Crippen molar-refractivity contribution in [2.75, 3.05) is 0 Å². The first-order valence-corrected chi connectivity index (χ1v) is 8.36. The van der Waals surface area contributed by atoms with Gasteiger partial charge in [0, 0.05) is 15.7 Å². The van der Waals surface area contributed by atoms with E-state index in [-0.39, 0.29) is 5.91 Å². The highest BCUT2D eigenvalue weighted by Crippen LogP contribution is 2.25. The fraction of sp³-hybridized carbons (Fsp3) is 0.118. The third-order valence-electron chi connectivity index (χ3n) is 3.29. The summed E-state index contributed by atoms with van der Waals surface area (Å²) in [5.41, 5.74) is 2.19. The molecule has 0 radical (unpaired) electrons. The molecule has 0 saturated carbocycles. The van der Waals surface area contributed by atoms with Gasteiger partial charge in [-0.2, -0.15) is 0 Å². The Bertz CT molecular complexity index is 781. The summed E-state index contributed by atoms with van der Waals surface area (Å²) >= 11 is 5.12. The van der Waals surface area contributed by atoms with Crippen LogP contribution in [0.2, 0.25) is 0 Å². The van der Waals surface area contributed by atoms with Gasteiger partial charge in [-0.05, 0) is 40.1 Å². The van der Waals surface area contributed by atoms with E-state index < -0.39 is 0 Å². The molecule has 0 atom stereocenters. The minimum atomic E-state index is 0.0542. The van der Waals surface area contributed by atoms with E-state index in [0.717, 1.165) is 15.6 Å². The van der Waals surface area contributed by atoms with Gasteiger partial charge >= 0.3 is 0 Å². The van der Waals surface area contributed by atoms with Crippen LogP contribution in [0.5, 0.6) is 0 Å². The molecule has 2 nitrogen and oxygen atoms in total. The number of rotatable bonds is 4. The molecule has 4 heteroatoms. The lowest BCUT2D eigenvalue weighted by Crippen LogP contribution is -2.24. The van der Waals surface area contributed by atoms with E-state index in [9.17, 15) is 4.79 Å². The van der Waals surface area contributed by atoms with Crippen LogP contribution in [-0.2, 0) is 17.8 Å². The maximum atomic E-state index is 12.1. The third-order valence-corrected chi connectivity index (χ3v) is 4.80. The number of benzene rings is 2. The molecule has 0 fully saturated rings. The lowest BCUT2D eigenvalue weighted by atomic mass is 10.1. The van der Waals surface area contributed by atoms with E-state index >= 15 is 0 Å². The Labute approximate surface area is 135 Å². The van der Waals surface area contributed by atoms with E-state index in [4.69, 9.17) is 0 Å². The first kappa shape index (κ1) is 14.3. The summed E-state index contributed by atoms with van der Waals surface area (Å²) in [4.78, 5) is 12.1. The van der Waals surface area contributed by atoms with Crippen molar-refractivity contribution in [3.63, 3.8) is 0 Å². The molecule has 1 heterocycles. The average molecular weight is 360 g/mol. The van der Waals surface area contributed by atoms with Gasteiger partial charge in [0.1, 0.15) is 0 Å². The van der Waals surface area contributed by atoms with E-state index in [1.807, 2.05) is 36.4 Å². The van der Waals surface area contributed by atoms with Crippen molar-refractivity contribution in [2.45, 2.75) is 13.0 Å². The Kier molecular flexibility index (Phi) is 4.36. The van der Waals surface area contributed by atoms with Crippen LogP contribution in [0.1, 0.15) is 11.1 Å². The van der Waals surface area contributed by atoms with Gasteiger partial charge in [0.15, 0.2) is 0 Å². The number of thiophene rings is 1. The minimum Gasteiger partial charge on any atom is -0.352 e. The van der Waals surface area contributed by atoms with Gasteiger partial charge in [-0.3, -0.25) is 4.79 Å². The Morgan fingerprint density at radius 1 is 1.14 bits per heavy atom. The van der Waals surface area contributed by atoms with Gasteiger partial charge in [0.25, 0.3) is 0 Å². The van der Waals surface area contributed by atoms with Crippen molar-refractivity contribution in [2.24, 2.45) is 0 Å². The van der Waals surface area contributed by atoms with Crippen molar-refractivity contribution in [3.8, 4) is 0 Å². The summed E-state index contributed by atoms with van der Waals surface area (Å²) in [7, 11) is 0. The monoisotopic (exact) mass is 359 g/mol. The lowest BCUT2D eigenvalue weighted by molar-refractivity contribution is -0.120. The second-order valence-electron chi connectivity index (χ2n) is 4.84. The van der Waals surface area contributed by atoms with Crippen molar-refractivity contribution in [1.29, 1.82) is 0 Å². The highest BCUT2D eigenvalue weighted by atomic mass is 79.9. The van der Waals surface area contributed by atoms with Gasteiger partial charge in [-0.15, -0.1) is 11.3 Å². The van der Waals surface area contributed by atoms with Crippen LogP contribution in [0.15, 0.2) is 58.4 Å². The highest BCUT2D eigenvalue weighted by Gasteiger charge is 2.08. The molecule has 0 aliphatic rings. The summed E-state index contributed by atoms with van der Waals surface area (Å²) in [5, 5.41) is 6.23. The largest absolute Gasteiger partial charge is 0.352 e. The van der Waals surface area contributed by atoms with Gasteiger partial charge < -0.3 is 5.32 Å². The van der Waals surface area contributed by atoms with Crippen molar-refractivity contribution < 1.29 is 4.79 Å². The fourth-order valence-corrected chi connectivity index (χ4v) is 3.66. The molecule has 106 valence electrons. The number of hydrogen-bond donors (Lipinski definition) is 1. The van der Waals surface area contributed by atoms with E-state index in [1.165, 1.54) is 10.1 Å². The maximum absolute atomic E-state index is 12.1. The second-order valence-corrected chi connectivity index (χ2v) is 6.67. The molecule has 0 saturated heterocycles. The van der Waals surface area contributed by atoms with E-state index in [1.54, 1.807) is 11.3 Å². The Morgan fingerprint density at radius 2 is 2.00 bits per heavy atom. The van der Waals surface area contributed by atoms with Gasteiger partial charge in [-0.25, -0.2) is 0 Å². The number of carbonyl (C=O) groups is 1. The summed E-state index contributed by atoms with van der Waals surface area (Å²) in [6, 6.07) is 16.2. The number of nitrogens with one attached hydrogen (secondary N) is 1. The summed E-state index contributed by atoms with van der Waals surface area (Å²) < 4.78 is 2.25. The summed E-state index contributed by atoms with van der Waals surface area (Å²) in [6.45, 7) is 0.556. The minimum absolute atomic E-state index is 0.0542. The van der Waals surface area contributed by atoms with Crippen LogP contribution in [0, 0.1) is 0 Å². The number of hydrogen-bond acceptors (Lipinski definition) is 2. The predicted molar refractivity (Wildman–Crippen MR) is 91.5 cm³/mol. The molecular weight excluding hydrogens is 346 g/mol. The van der Waals surface area contributed by atoms with Crippen LogP contribution in [0.25, 0.3) is 10.1 Å². The first-order valence-electron chi connectivity index (χ1n) is 6.68. The lowest BCUT2D eigenvalue weighted by Gasteiger charge is -2.05. The van der Waals surface area contributed by atoms with E-state index in [0.29, 0.717) is 13.0 Å². The van der Waals surface area contributed by atoms with Crippen LogP contribution >= 0.6 is 27.3 Å². The molecule has 0 aliphatic heterocycles. The fourth-order valence-electron chi connectivity index (χ4n) is 2.25. The maximum Gasteiger partial charge on any atom is 0.224 e. The molecule has 21 heavy (non-hydrogen) atoms. The van der Waals surface area contributed by atoms with Crippen LogP contribution < -0.4 is 5.32 Å². The number of carbonyl (C=O) groups excluding carboxylic acids is 1. The van der Waals surface area contributed by atoms with Crippen LogP contribution in [0.3, 0.4) is 0 Å². The van der Waals surface area contributed by atoms with Crippen molar-refractivity contribution >= 4 is 43.3 Å². The van der Waals surface area contributed by atoms with Gasteiger partial charge in [0.05, 0.1) is 6.42 Å². The van der Waals surface area contributed by atoms with Gasteiger partial charge in [-0.1, -0.05) is 46.3 Å². The van der Waals surface area contributed by atoms with Crippen molar-refractivity contribution in [1.82, 2.24) is 5.32 Å². The molecule has 0 aliphatic carbocycles. The second kappa shape index (κ2) is 6.41. The molecule has 1 N–H and O–H groups in total. The van der Waals surface area contributed by atoms with Crippen LogP contribution in [0.4, 0.5) is 0 Å². The Hall–Kier alpha value is -1.65. The highest BCUT2D eigenvalue weighted by molar-refractivity contribution is 9.10. The normalized spacial score (nSPS) is 10.7. The molecule has 0 unspecified atom stereocenters. The molecule has 3 aromatic rings. The molecule has 0 bridgehead atoms. The molecule has 1 aromatic heterocycles.